The van der Waals surface area contributed by atoms with E-state index in [9.17, 15) is 4.79 Å². The minimum absolute atomic E-state index is 0.273. The van der Waals surface area contributed by atoms with E-state index in [0.717, 1.165) is 26.2 Å². The summed E-state index contributed by atoms with van der Waals surface area (Å²) in [5.41, 5.74) is 0. The number of carbonyl (C=O) groups is 1. The van der Waals surface area contributed by atoms with E-state index in [1.165, 1.54) is 6.42 Å². The van der Waals surface area contributed by atoms with Crippen molar-refractivity contribution in [3.05, 3.63) is 18.7 Å². The van der Waals surface area contributed by atoms with Crippen LogP contribution in [-0.4, -0.2) is 46.0 Å². The first-order valence-corrected chi connectivity index (χ1v) is 6.30. The molecule has 5 nitrogen and oxygen atoms in total. The van der Waals surface area contributed by atoms with Gasteiger partial charge in [-0.1, -0.05) is 0 Å². The summed E-state index contributed by atoms with van der Waals surface area (Å²) in [6.45, 7) is 3.69. The van der Waals surface area contributed by atoms with Crippen molar-refractivity contribution < 1.29 is 4.79 Å². The second kappa shape index (κ2) is 4.49. The summed E-state index contributed by atoms with van der Waals surface area (Å²) in [5.74, 6) is 0.960. The van der Waals surface area contributed by atoms with Crippen molar-refractivity contribution in [2.24, 2.45) is 5.92 Å². The van der Waals surface area contributed by atoms with Gasteiger partial charge in [0.25, 0.3) is 0 Å². The van der Waals surface area contributed by atoms with Crippen LogP contribution in [0.4, 0.5) is 0 Å². The van der Waals surface area contributed by atoms with Gasteiger partial charge in [-0.25, -0.2) is 4.98 Å². The Morgan fingerprint density at radius 2 is 2.41 bits per heavy atom. The summed E-state index contributed by atoms with van der Waals surface area (Å²) >= 11 is 0. The quantitative estimate of drug-likeness (QED) is 0.806. The Balaban J connectivity index is 1.50. The molecule has 0 radical (unpaired) electrons. The van der Waals surface area contributed by atoms with E-state index < -0.39 is 0 Å². The fourth-order valence-electron chi connectivity index (χ4n) is 2.85. The van der Waals surface area contributed by atoms with Crippen LogP contribution in [0.2, 0.25) is 0 Å². The third-order valence-corrected chi connectivity index (χ3v) is 3.86. The maximum absolute atomic E-state index is 12.0. The van der Waals surface area contributed by atoms with E-state index in [2.05, 4.69) is 10.3 Å². The molecule has 0 aliphatic carbocycles. The normalized spacial score (nSPS) is 27.4. The van der Waals surface area contributed by atoms with E-state index in [1.807, 2.05) is 15.7 Å². The second-order valence-electron chi connectivity index (χ2n) is 4.96. The molecule has 0 unspecified atom stereocenters. The van der Waals surface area contributed by atoms with Crippen LogP contribution in [0, 0.1) is 5.92 Å². The lowest BCUT2D eigenvalue weighted by Crippen LogP contribution is -2.34. The summed E-state index contributed by atoms with van der Waals surface area (Å²) in [4.78, 5) is 18.0. The third kappa shape index (κ3) is 2.20. The first-order chi connectivity index (χ1) is 8.33. The maximum atomic E-state index is 12.0. The van der Waals surface area contributed by atoms with Gasteiger partial charge in [-0.15, -0.1) is 0 Å². The average Bonchev–Trinajstić information content (AvgIpc) is 3.01. The van der Waals surface area contributed by atoms with E-state index >= 15 is 0 Å². The lowest BCUT2D eigenvalue weighted by atomic mass is 10.1. The number of imidazole rings is 1. The van der Waals surface area contributed by atoms with Crippen LogP contribution in [0.1, 0.15) is 12.8 Å². The zero-order valence-corrected chi connectivity index (χ0v) is 9.88. The van der Waals surface area contributed by atoms with Gasteiger partial charge in [0.15, 0.2) is 0 Å². The summed E-state index contributed by atoms with van der Waals surface area (Å²) in [5, 5.41) is 3.46. The number of hydrogen-bond acceptors (Lipinski definition) is 3. The average molecular weight is 234 g/mol. The molecule has 1 amide bonds. The van der Waals surface area contributed by atoms with Crippen molar-refractivity contribution in [3.63, 3.8) is 0 Å². The third-order valence-electron chi connectivity index (χ3n) is 3.86. The van der Waals surface area contributed by atoms with Gasteiger partial charge in [0.2, 0.25) is 5.91 Å². The number of likely N-dealkylation sites (tertiary alicyclic amines) is 1. The Morgan fingerprint density at radius 3 is 3.18 bits per heavy atom. The fourth-order valence-corrected chi connectivity index (χ4v) is 2.85. The molecule has 92 valence electrons. The molecule has 2 atom stereocenters. The zero-order chi connectivity index (χ0) is 11.7. The standard InChI is InChI=1S/C12H18N4O/c17-12(2-5-15-6-4-13-9-15)16-7-10-1-3-14-11(10)8-16/h4,6,9-11,14H,1-3,5,7-8H2/t10-,11+/m1/s1. The number of aromatic nitrogens is 2. The molecule has 17 heavy (non-hydrogen) atoms. The number of hydrogen-bond donors (Lipinski definition) is 1. The van der Waals surface area contributed by atoms with Gasteiger partial charge >= 0.3 is 0 Å². The summed E-state index contributed by atoms with van der Waals surface area (Å²) in [6.07, 6.45) is 7.20. The monoisotopic (exact) mass is 234 g/mol. The SMILES string of the molecule is O=C(CCn1ccnc1)N1C[C@H]2CCN[C@H]2C1. The molecule has 2 fully saturated rings. The number of rotatable bonds is 3. The number of nitrogens with one attached hydrogen (secondary N) is 1. The molecule has 3 heterocycles. The van der Waals surface area contributed by atoms with Gasteiger partial charge in [-0.05, 0) is 18.9 Å². The van der Waals surface area contributed by atoms with E-state index in [1.54, 1.807) is 12.5 Å². The number of amides is 1. The van der Waals surface area contributed by atoms with Crippen molar-refractivity contribution in [3.8, 4) is 0 Å². The summed E-state index contributed by atoms with van der Waals surface area (Å²) in [7, 11) is 0. The van der Waals surface area contributed by atoms with Gasteiger partial charge in [0.05, 0.1) is 6.33 Å². The molecular weight excluding hydrogens is 216 g/mol. The van der Waals surface area contributed by atoms with Crippen LogP contribution in [-0.2, 0) is 11.3 Å². The molecule has 1 aromatic rings. The van der Waals surface area contributed by atoms with Crippen LogP contribution < -0.4 is 5.32 Å². The number of nitrogens with zero attached hydrogens (tertiary/aromatic N) is 3. The van der Waals surface area contributed by atoms with Gasteiger partial charge in [0.1, 0.15) is 0 Å². The van der Waals surface area contributed by atoms with Gasteiger partial charge in [-0.3, -0.25) is 4.79 Å². The van der Waals surface area contributed by atoms with E-state index in [0.29, 0.717) is 18.4 Å². The van der Waals surface area contributed by atoms with Crippen LogP contribution in [0.15, 0.2) is 18.7 Å². The molecule has 5 heteroatoms. The van der Waals surface area contributed by atoms with Gasteiger partial charge in [0, 0.05) is 44.5 Å². The first-order valence-electron chi connectivity index (χ1n) is 6.30. The van der Waals surface area contributed by atoms with Crippen LogP contribution in [0.5, 0.6) is 0 Å². The minimum Gasteiger partial charge on any atom is -0.341 e. The summed E-state index contributed by atoms with van der Waals surface area (Å²) in [6, 6.07) is 0.548. The Morgan fingerprint density at radius 1 is 1.47 bits per heavy atom. The predicted octanol–water partition coefficient (Wildman–Crippen LogP) is 0.0935. The minimum atomic E-state index is 0.273. The van der Waals surface area contributed by atoms with Crippen molar-refractivity contribution in [1.29, 1.82) is 0 Å². The van der Waals surface area contributed by atoms with Crippen molar-refractivity contribution in [2.45, 2.75) is 25.4 Å². The fraction of sp³-hybridized carbons (Fsp3) is 0.667. The molecule has 2 aliphatic rings. The number of aryl methyl sites for hydroxylation is 1. The topological polar surface area (TPSA) is 50.2 Å². The second-order valence-corrected chi connectivity index (χ2v) is 4.96. The maximum Gasteiger partial charge on any atom is 0.224 e. The molecule has 0 aromatic carbocycles. The molecule has 0 saturated carbocycles. The highest BCUT2D eigenvalue weighted by Crippen LogP contribution is 2.24. The van der Waals surface area contributed by atoms with Crippen LogP contribution in [0.3, 0.4) is 0 Å². The van der Waals surface area contributed by atoms with E-state index in [4.69, 9.17) is 0 Å². The highest BCUT2D eigenvalue weighted by atomic mass is 16.2. The van der Waals surface area contributed by atoms with Crippen molar-refractivity contribution in [1.82, 2.24) is 19.8 Å². The first kappa shape index (κ1) is 10.8. The Bertz CT molecular complexity index is 377. The van der Waals surface area contributed by atoms with Crippen molar-refractivity contribution in [2.75, 3.05) is 19.6 Å². The van der Waals surface area contributed by atoms with Gasteiger partial charge in [-0.2, -0.15) is 0 Å². The van der Waals surface area contributed by atoms with Crippen molar-refractivity contribution >= 4 is 5.91 Å². The molecule has 2 aliphatic heterocycles. The van der Waals surface area contributed by atoms with Gasteiger partial charge < -0.3 is 14.8 Å². The molecule has 3 rings (SSSR count). The Hall–Kier alpha value is -1.36. The number of carbonyl (C=O) groups excluding carboxylic acids is 1. The summed E-state index contributed by atoms with van der Waals surface area (Å²) < 4.78 is 1.95. The molecule has 1 aromatic heterocycles. The molecule has 0 bridgehead atoms. The highest BCUT2D eigenvalue weighted by Gasteiger charge is 2.37. The zero-order valence-electron chi connectivity index (χ0n) is 9.88. The lowest BCUT2D eigenvalue weighted by molar-refractivity contribution is -0.130. The van der Waals surface area contributed by atoms with Crippen LogP contribution in [0.25, 0.3) is 0 Å². The lowest BCUT2D eigenvalue weighted by Gasteiger charge is -2.17. The molecule has 0 spiro atoms. The Labute approximate surface area is 101 Å². The highest BCUT2D eigenvalue weighted by molar-refractivity contribution is 5.76. The molecule has 2 saturated heterocycles. The number of fused-ring (bicyclic) bond motifs is 1. The van der Waals surface area contributed by atoms with E-state index in [-0.39, 0.29) is 5.91 Å². The molecule has 1 N–H and O–H groups in total. The largest absolute Gasteiger partial charge is 0.341 e. The predicted molar refractivity (Wildman–Crippen MR) is 63.3 cm³/mol. The molecular formula is C12H18N4O. The van der Waals surface area contributed by atoms with Crippen LogP contribution >= 0.6 is 0 Å². The smallest absolute Gasteiger partial charge is 0.224 e. The Kier molecular flexibility index (Phi) is 2.84.